The summed E-state index contributed by atoms with van der Waals surface area (Å²) < 4.78 is 0. The highest BCUT2D eigenvalue weighted by Crippen LogP contribution is 2.33. The third-order valence-electron chi connectivity index (χ3n) is 3.03. The van der Waals surface area contributed by atoms with Gasteiger partial charge in [0.25, 0.3) is 0 Å². The maximum absolute atomic E-state index is 4.09. The van der Waals surface area contributed by atoms with E-state index in [9.17, 15) is 0 Å². The molecule has 0 aromatic heterocycles. The maximum atomic E-state index is 4.09. The van der Waals surface area contributed by atoms with Crippen molar-refractivity contribution in [2.24, 2.45) is 5.41 Å². The summed E-state index contributed by atoms with van der Waals surface area (Å²) >= 11 is 0. The van der Waals surface area contributed by atoms with E-state index in [-0.39, 0.29) is 5.41 Å². The van der Waals surface area contributed by atoms with Gasteiger partial charge in [-0.3, -0.25) is 0 Å². The number of unbranched alkanes of at least 4 members (excludes halogenated alkanes) is 1. The van der Waals surface area contributed by atoms with Gasteiger partial charge in [-0.05, 0) is 33.1 Å². The molecule has 0 aromatic rings. The standard InChI is InChI=1S/C15H26/c1-7-9-10-14(5)12-15(6,11-8-2)13(3)4/h8,12H,2-3,7,9-11H2,1,4-6H3. The van der Waals surface area contributed by atoms with Crippen LogP contribution in [0.1, 0.15) is 53.4 Å². The fourth-order valence-corrected chi connectivity index (χ4v) is 1.73. The quantitative estimate of drug-likeness (QED) is 0.497. The van der Waals surface area contributed by atoms with Gasteiger partial charge in [0.05, 0.1) is 0 Å². The van der Waals surface area contributed by atoms with Crippen LogP contribution in [0.3, 0.4) is 0 Å². The lowest BCUT2D eigenvalue weighted by atomic mass is 9.78. The Morgan fingerprint density at radius 2 is 1.93 bits per heavy atom. The summed E-state index contributed by atoms with van der Waals surface area (Å²) in [5.41, 5.74) is 2.79. The molecule has 0 heterocycles. The van der Waals surface area contributed by atoms with Gasteiger partial charge in [0, 0.05) is 5.41 Å². The Hall–Kier alpha value is -0.780. The van der Waals surface area contributed by atoms with Crippen molar-refractivity contribution in [2.45, 2.75) is 53.4 Å². The molecular formula is C15H26. The molecule has 0 bridgehead atoms. The van der Waals surface area contributed by atoms with Gasteiger partial charge in [-0.15, -0.1) is 6.58 Å². The maximum Gasteiger partial charge on any atom is 0.00938 e. The highest BCUT2D eigenvalue weighted by atomic mass is 14.2. The summed E-state index contributed by atoms with van der Waals surface area (Å²) in [6.07, 6.45) is 9.08. The Morgan fingerprint density at radius 1 is 1.33 bits per heavy atom. The molecular weight excluding hydrogens is 180 g/mol. The summed E-state index contributed by atoms with van der Waals surface area (Å²) in [6, 6.07) is 0. The van der Waals surface area contributed by atoms with Crippen LogP contribution < -0.4 is 0 Å². The summed E-state index contributed by atoms with van der Waals surface area (Å²) in [5.74, 6) is 0. The van der Waals surface area contributed by atoms with Crippen molar-refractivity contribution in [3.63, 3.8) is 0 Å². The van der Waals surface area contributed by atoms with Crippen molar-refractivity contribution in [3.05, 3.63) is 36.5 Å². The molecule has 0 aliphatic rings. The summed E-state index contributed by atoms with van der Waals surface area (Å²) in [7, 11) is 0. The molecule has 0 saturated carbocycles. The van der Waals surface area contributed by atoms with Gasteiger partial charge in [-0.25, -0.2) is 0 Å². The molecule has 1 unspecified atom stereocenters. The van der Waals surface area contributed by atoms with Crippen molar-refractivity contribution in [1.82, 2.24) is 0 Å². The van der Waals surface area contributed by atoms with Gasteiger partial charge in [0.15, 0.2) is 0 Å². The van der Waals surface area contributed by atoms with Gasteiger partial charge >= 0.3 is 0 Å². The Labute approximate surface area is 95.8 Å². The molecule has 0 heteroatoms. The van der Waals surface area contributed by atoms with Crippen LogP contribution >= 0.6 is 0 Å². The first-order chi connectivity index (χ1) is 6.96. The zero-order valence-electron chi connectivity index (χ0n) is 10.9. The molecule has 0 amide bonds. The van der Waals surface area contributed by atoms with E-state index in [2.05, 4.69) is 46.9 Å². The molecule has 0 aromatic carbocycles. The highest BCUT2D eigenvalue weighted by Gasteiger charge is 2.20. The molecule has 15 heavy (non-hydrogen) atoms. The molecule has 0 N–H and O–H groups in total. The van der Waals surface area contributed by atoms with E-state index in [0.717, 1.165) is 6.42 Å². The summed E-state index contributed by atoms with van der Waals surface area (Å²) in [5, 5.41) is 0. The molecule has 0 fully saturated rings. The van der Waals surface area contributed by atoms with Crippen LogP contribution in [-0.4, -0.2) is 0 Å². The first-order valence-electron chi connectivity index (χ1n) is 5.91. The van der Waals surface area contributed by atoms with Gasteiger partial charge in [0.2, 0.25) is 0 Å². The molecule has 0 rings (SSSR count). The largest absolute Gasteiger partial charge is 0.103 e. The Bertz CT molecular complexity index is 245. The monoisotopic (exact) mass is 206 g/mol. The molecule has 0 radical (unpaired) electrons. The molecule has 0 saturated heterocycles. The Kier molecular flexibility index (Phi) is 6.31. The lowest BCUT2D eigenvalue weighted by Gasteiger charge is -2.26. The number of hydrogen-bond donors (Lipinski definition) is 0. The van der Waals surface area contributed by atoms with E-state index in [1.165, 1.54) is 30.4 Å². The average Bonchev–Trinajstić information content (AvgIpc) is 2.14. The van der Waals surface area contributed by atoms with E-state index >= 15 is 0 Å². The van der Waals surface area contributed by atoms with E-state index in [1.807, 2.05) is 6.08 Å². The predicted molar refractivity (Wildman–Crippen MR) is 71.0 cm³/mol. The molecule has 0 aliphatic carbocycles. The van der Waals surface area contributed by atoms with Crippen LogP contribution in [0.15, 0.2) is 36.5 Å². The lowest BCUT2D eigenvalue weighted by Crippen LogP contribution is -2.13. The molecule has 1 atom stereocenters. The van der Waals surface area contributed by atoms with Crippen LogP contribution in [0.5, 0.6) is 0 Å². The van der Waals surface area contributed by atoms with Crippen LogP contribution in [0, 0.1) is 5.41 Å². The van der Waals surface area contributed by atoms with E-state index in [0.29, 0.717) is 0 Å². The van der Waals surface area contributed by atoms with Gasteiger partial charge < -0.3 is 0 Å². The Morgan fingerprint density at radius 3 is 2.33 bits per heavy atom. The smallest absolute Gasteiger partial charge is 0.00938 e. The van der Waals surface area contributed by atoms with Crippen LogP contribution in [0.2, 0.25) is 0 Å². The number of allylic oxidation sites excluding steroid dienone is 4. The second-order valence-corrected chi connectivity index (χ2v) is 4.78. The summed E-state index contributed by atoms with van der Waals surface area (Å²) in [6.45, 7) is 16.7. The minimum absolute atomic E-state index is 0.0968. The van der Waals surface area contributed by atoms with Gasteiger partial charge in [-0.1, -0.05) is 50.1 Å². The number of rotatable bonds is 7. The molecule has 0 aliphatic heterocycles. The van der Waals surface area contributed by atoms with Crippen molar-refractivity contribution in [1.29, 1.82) is 0 Å². The first kappa shape index (κ1) is 14.2. The first-order valence-corrected chi connectivity index (χ1v) is 5.91. The minimum atomic E-state index is 0.0968. The fourth-order valence-electron chi connectivity index (χ4n) is 1.73. The normalized spacial score (nSPS) is 15.9. The van der Waals surface area contributed by atoms with Crippen LogP contribution in [-0.2, 0) is 0 Å². The fraction of sp³-hybridized carbons (Fsp3) is 0.600. The van der Waals surface area contributed by atoms with Crippen molar-refractivity contribution >= 4 is 0 Å². The average molecular weight is 206 g/mol. The van der Waals surface area contributed by atoms with Crippen molar-refractivity contribution in [2.75, 3.05) is 0 Å². The molecule has 0 nitrogen and oxygen atoms in total. The predicted octanol–water partition coefficient (Wildman–Crippen LogP) is 5.28. The van der Waals surface area contributed by atoms with Crippen LogP contribution in [0.4, 0.5) is 0 Å². The number of hydrogen-bond acceptors (Lipinski definition) is 0. The zero-order valence-corrected chi connectivity index (χ0v) is 10.9. The van der Waals surface area contributed by atoms with Gasteiger partial charge in [0.1, 0.15) is 0 Å². The lowest BCUT2D eigenvalue weighted by molar-refractivity contribution is 0.518. The zero-order chi connectivity index (χ0) is 11.9. The van der Waals surface area contributed by atoms with Crippen molar-refractivity contribution < 1.29 is 0 Å². The van der Waals surface area contributed by atoms with E-state index in [1.54, 1.807) is 0 Å². The highest BCUT2D eigenvalue weighted by molar-refractivity contribution is 5.20. The SMILES string of the molecule is C=CCC(C)(C=C(C)CCCC)C(=C)C. The van der Waals surface area contributed by atoms with Gasteiger partial charge in [-0.2, -0.15) is 0 Å². The third kappa shape index (κ3) is 5.01. The summed E-state index contributed by atoms with van der Waals surface area (Å²) in [4.78, 5) is 0. The molecule has 86 valence electrons. The topological polar surface area (TPSA) is 0 Å². The van der Waals surface area contributed by atoms with Crippen LogP contribution in [0.25, 0.3) is 0 Å². The second kappa shape index (κ2) is 6.66. The third-order valence-corrected chi connectivity index (χ3v) is 3.03. The van der Waals surface area contributed by atoms with Crippen molar-refractivity contribution in [3.8, 4) is 0 Å². The minimum Gasteiger partial charge on any atom is -0.103 e. The second-order valence-electron chi connectivity index (χ2n) is 4.78. The van der Waals surface area contributed by atoms with E-state index < -0.39 is 0 Å². The Balaban J connectivity index is 4.64. The molecule has 0 spiro atoms. The van der Waals surface area contributed by atoms with E-state index in [4.69, 9.17) is 0 Å².